The van der Waals surface area contributed by atoms with Gasteiger partial charge in [0.25, 0.3) is 0 Å². The molecule has 0 aliphatic heterocycles. The highest BCUT2D eigenvalue weighted by molar-refractivity contribution is 5.94. The summed E-state index contributed by atoms with van der Waals surface area (Å²) in [5, 5.41) is 14.1. The quantitative estimate of drug-likeness (QED) is 0.133. The van der Waals surface area contributed by atoms with Crippen LogP contribution in [0.2, 0.25) is 0 Å². The fourth-order valence-electron chi connectivity index (χ4n) is 2.31. The van der Waals surface area contributed by atoms with E-state index in [4.69, 9.17) is 5.73 Å². The van der Waals surface area contributed by atoms with Gasteiger partial charge < -0.3 is 37.6 Å². The zero-order valence-electron chi connectivity index (χ0n) is 19.2. The molecule has 3 atom stereocenters. The first kappa shape index (κ1) is 29.3. The Balaban J connectivity index is 4.73. The summed E-state index contributed by atoms with van der Waals surface area (Å²) in [4.78, 5) is 81.5. The van der Waals surface area contributed by atoms with Crippen LogP contribution in [-0.2, 0) is 33.6 Å². The van der Waals surface area contributed by atoms with Crippen LogP contribution in [0.5, 0.6) is 0 Å². The lowest BCUT2D eigenvalue weighted by atomic mass is 9.98. The molecule has 0 aromatic carbocycles. The van der Waals surface area contributed by atoms with E-state index in [-0.39, 0.29) is 19.0 Å². The van der Waals surface area contributed by atoms with Crippen molar-refractivity contribution >= 4 is 41.4 Å². The van der Waals surface area contributed by atoms with Crippen molar-refractivity contribution in [3.8, 4) is 0 Å². The Morgan fingerprint density at radius 1 is 0.697 bits per heavy atom. The first-order chi connectivity index (χ1) is 15.4. The topological polar surface area (TPSA) is 218 Å². The smallest absolute Gasteiger partial charge is 0.243 e. The van der Waals surface area contributed by atoms with Gasteiger partial charge in [-0.25, -0.2) is 0 Å². The van der Waals surface area contributed by atoms with E-state index in [0.717, 1.165) is 0 Å². The molecule has 0 rings (SSSR count). The molecule has 0 aromatic rings. The Morgan fingerprint density at radius 3 is 1.73 bits per heavy atom. The van der Waals surface area contributed by atoms with E-state index >= 15 is 0 Å². The fourth-order valence-corrected chi connectivity index (χ4v) is 2.31. The minimum atomic E-state index is -1.03. The first-order valence-corrected chi connectivity index (χ1v) is 10.3. The van der Waals surface area contributed by atoms with Crippen LogP contribution in [-0.4, -0.2) is 79.6 Å². The van der Waals surface area contributed by atoms with Crippen molar-refractivity contribution in [3.05, 3.63) is 0 Å². The zero-order valence-corrected chi connectivity index (χ0v) is 19.2. The standard InChI is InChI=1S/C19H33N7O7/c1-5-10(2)17(26-16(31)9-23-14(29)7-21-12(4)27)19(33)25-11(3)18(32)24-8-15(30)22-6-13(20)28/h10-11,17H,5-9H2,1-4H3,(H2,20,28)(H,21,27)(H,22,30)(H,23,29)(H,24,32)(H,25,33)(H,26,31)/t10-,11-,17-/m0/s1. The third-order valence-electron chi connectivity index (χ3n) is 4.39. The molecule has 0 saturated carbocycles. The number of primary amides is 1. The molecule has 186 valence electrons. The number of amides is 7. The summed E-state index contributed by atoms with van der Waals surface area (Å²) in [7, 11) is 0. The molecule has 0 aliphatic carbocycles. The second-order valence-corrected chi connectivity index (χ2v) is 7.31. The number of rotatable bonds is 14. The maximum atomic E-state index is 12.7. The maximum Gasteiger partial charge on any atom is 0.243 e. The first-order valence-electron chi connectivity index (χ1n) is 10.3. The van der Waals surface area contributed by atoms with Gasteiger partial charge >= 0.3 is 0 Å². The minimum Gasteiger partial charge on any atom is -0.368 e. The Kier molecular flexibility index (Phi) is 13.4. The molecular weight excluding hydrogens is 438 g/mol. The third kappa shape index (κ3) is 13.3. The van der Waals surface area contributed by atoms with E-state index in [2.05, 4.69) is 31.9 Å². The van der Waals surface area contributed by atoms with Gasteiger partial charge in [-0.15, -0.1) is 0 Å². The van der Waals surface area contributed by atoms with Gasteiger partial charge in [-0.1, -0.05) is 20.3 Å². The van der Waals surface area contributed by atoms with E-state index in [0.29, 0.717) is 6.42 Å². The SMILES string of the molecule is CC[C@H](C)[C@H](NC(=O)CNC(=O)CNC(C)=O)C(=O)N[C@@H](C)C(=O)NCC(=O)NCC(N)=O. The summed E-state index contributed by atoms with van der Waals surface area (Å²) < 4.78 is 0. The van der Waals surface area contributed by atoms with Crippen molar-refractivity contribution in [3.63, 3.8) is 0 Å². The molecule has 0 heterocycles. The largest absolute Gasteiger partial charge is 0.368 e. The Labute approximate surface area is 191 Å². The molecule has 8 N–H and O–H groups in total. The number of carbonyl (C=O) groups is 7. The number of hydrogen-bond acceptors (Lipinski definition) is 7. The second kappa shape index (κ2) is 15.2. The van der Waals surface area contributed by atoms with Crippen LogP contribution in [0.3, 0.4) is 0 Å². The minimum absolute atomic E-state index is 0.287. The highest BCUT2D eigenvalue weighted by atomic mass is 16.2. The van der Waals surface area contributed by atoms with Crippen molar-refractivity contribution in [2.75, 3.05) is 26.2 Å². The fraction of sp³-hybridized carbons (Fsp3) is 0.632. The molecule has 14 heteroatoms. The summed E-state index contributed by atoms with van der Waals surface area (Å²) in [6, 6.07) is -2.01. The molecule has 0 aromatic heterocycles. The Bertz CT molecular complexity index is 757. The van der Waals surface area contributed by atoms with Crippen LogP contribution in [0.25, 0.3) is 0 Å². The van der Waals surface area contributed by atoms with Gasteiger partial charge in [-0.3, -0.25) is 33.6 Å². The molecular formula is C19H33N7O7. The van der Waals surface area contributed by atoms with E-state index in [1.807, 2.05) is 6.92 Å². The van der Waals surface area contributed by atoms with Crippen molar-refractivity contribution in [1.82, 2.24) is 31.9 Å². The highest BCUT2D eigenvalue weighted by Gasteiger charge is 2.28. The molecule has 0 radical (unpaired) electrons. The van der Waals surface area contributed by atoms with Crippen molar-refractivity contribution < 1.29 is 33.6 Å². The summed E-state index contributed by atoms with van der Waals surface area (Å²) >= 11 is 0. The van der Waals surface area contributed by atoms with Crippen LogP contribution in [0, 0.1) is 5.92 Å². The van der Waals surface area contributed by atoms with Crippen LogP contribution >= 0.6 is 0 Å². The molecule has 0 aliphatic rings. The van der Waals surface area contributed by atoms with Crippen molar-refractivity contribution in [2.45, 2.75) is 46.2 Å². The summed E-state index contributed by atoms with van der Waals surface area (Å²) in [6.07, 6.45) is 0.536. The van der Waals surface area contributed by atoms with Crippen molar-refractivity contribution in [1.29, 1.82) is 0 Å². The van der Waals surface area contributed by atoms with Crippen LogP contribution in [0.1, 0.15) is 34.1 Å². The number of hydrogen-bond donors (Lipinski definition) is 7. The Morgan fingerprint density at radius 2 is 1.21 bits per heavy atom. The normalized spacial score (nSPS) is 12.8. The van der Waals surface area contributed by atoms with Crippen LogP contribution < -0.4 is 37.6 Å². The molecule has 33 heavy (non-hydrogen) atoms. The van der Waals surface area contributed by atoms with Crippen LogP contribution in [0.4, 0.5) is 0 Å². The molecule has 0 fully saturated rings. The van der Waals surface area contributed by atoms with Crippen molar-refractivity contribution in [2.24, 2.45) is 11.7 Å². The van der Waals surface area contributed by atoms with E-state index < -0.39 is 66.5 Å². The summed E-state index contributed by atoms with van der Waals surface area (Å²) in [5.41, 5.74) is 4.90. The van der Waals surface area contributed by atoms with E-state index in [9.17, 15) is 33.6 Å². The second-order valence-electron chi connectivity index (χ2n) is 7.31. The van der Waals surface area contributed by atoms with E-state index in [1.165, 1.54) is 13.8 Å². The molecule has 0 saturated heterocycles. The molecule has 14 nitrogen and oxygen atoms in total. The lowest BCUT2D eigenvalue weighted by molar-refractivity contribution is -0.133. The molecule has 0 unspecified atom stereocenters. The predicted molar refractivity (Wildman–Crippen MR) is 116 cm³/mol. The number of nitrogens with two attached hydrogens (primary N) is 1. The van der Waals surface area contributed by atoms with Gasteiger partial charge in [0.2, 0.25) is 41.4 Å². The van der Waals surface area contributed by atoms with Gasteiger partial charge in [0.05, 0.1) is 26.2 Å². The van der Waals surface area contributed by atoms with E-state index in [1.54, 1.807) is 6.92 Å². The lowest BCUT2D eigenvalue weighted by Crippen LogP contribution is -2.56. The molecule has 7 amide bonds. The van der Waals surface area contributed by atoms with Gasteiger partial charge in [-0.05, 0) is 12.8 Å². The summed E-state index contributed by atoms with van der Waals surface area (Å²) in [5.74, 6) is -4.54. The zero-order chi connectivity index (χ0) is 25.6. The number of nitrogens with one attached hydrogen (secondary N) is 6. The van der Waals surface area contributed by atoms with Gasteiger partial charge in [0.1, 0.15) is 12.1 Å². The third-order valence-corrected chi connectivity index (χ3v) is 4.39. The average Bonchev–Trinajstić information content (AvgIpc) is 2.75. The average molecular weight is 472 g/mol. The predicted octanol–water partition coefficient (Wildman–Crippen LogP) is -4.01. The molecule has 0 bridgehead atoms. The molecule has 0 spiro atoms. The van der Waals surface area contributed by atoms with Gasteiger partial charge in [-0.2, -0.15) is 0 Å². The highest BCUT2D eigenvalue weighted by Crippen LogP contribution is 2.08. The Hall–Kier alpha value is -3.71. The summed E-state index contributed by atoms with van der Waals surface area (Å²) in [6.45, 7) is 4.70. The van der Waals surface area contributed by atoms with Crippen LogP contribution in [0.15, 0.2) is 0 Å². The van der Waals surface area contributed by atoms with Gasteiger partial charge in [0.15, 0.2) is 0 Å². The lowest BCUT2D eigenvalue weighted by Gasteiger charge is -2.25. The number of carbonyl (C=O) groups excluding carboxylic acids is 7. The monoisotopic (exact) mass is 471 g/mol. The van der Waals surface area contributed by atoms with Gasteiger partial charge in [0, 0.05) is 6.92 Å². The maximum absolute atomic E-state index is 12.7.